The molecule has 0 saturated heterocycles. The van der Waals surface area contributed by atoms with Crippen LogP contribution in [0.15, 0.2) is 42.1 Å². The number of thiazole rings is 1. The van der Waals surface area contributed by atoms with Crippen LogP contribution in [0.1, 0.15) is 10.6 Å². The summed E-state index contributed by atoms with van der Waals surface area (Å²) in [6.07, 6.45) is 1.78. The number of carbonyl (C=O) groups is 1. The maximum Gasteiger partial charge on any atom is 0.236 e. The molecule has 3 aromatic rings. The van der Waals surface area contributed by atoms with Gasteiger partial charge in [-0.25, -0.2) is 4.98 Å². The second-order valence-corrected chi connectivity index (χ2v) is 8.08. The molecule has 7 nitrogen and oxygen atoms in total. The molecule has 28 heavy (non-hydrogen) atoms. The number of hydrogen-bond donors (Lipinski definition) is 1. The first-order valence-corrected chi connectivity index (χ1v) is 10.4. The van der Waals surface area contributed by atoms with Gasteiger partial charge in [0.1, 0.15) is 5.75 Å². The Hall–Kier alpha value is -2.65. The number of benzene rings is 1. The molecule has 0 radical (unpaired) electrons. The average Bonchev–Trinajstić information content (AvgIpc) is 3.23. The van der Waals surface area contributed by atoms with Crippen LogP contribution in [0.5, 0.6) is 5.75 Å². The molecule has 0 fully saturated rings. The van der Waals surface area contributed by atoms with Gasteiger partial charge in [-0.1, -0.05) is 30.0 Å². The monoisotopic (exact) mass is 415 g/mol. The van der Waals surface area contributed by atoms with Crippen molar-refractivity contribution in [2.24, 2.45) is 0 Å². The summed E-state index contributed by atoms with van der Waals surface area (Å²) in [5, 5.41) is 12.7. The molecule has 1 N–H and O–H groups in total. The van der Waals surface area contributed by atoms with E-state index in [9.17, 15) is 4.79 Å². The smallest absolute Gasteiger partial charge is 0.236 e. The van der Waals surface area contributed by atoms with Crippen molar-refractivity contribution >= 4 is 34.1 Å². The third-order valence-electron chi connectivity index (χ3n) is 3.96. The Morgan fingerprint density at radius 3 is 2.89 bits per heavy atom. The molecule has 0 saturated carbocycles. The van der Waals surface area contributed by atoms with E-state index in [1.165, 1.54) is 23.1 Å². The lowest BCUT2D eigenvalue weighted by Crippen LogP contribution is -2.14. The second kappa shape index (κ2) is 9.03. The SMILES string of the molecule is C=CCn1c(SCC(=O)Nc2nc(C)c(C)s2)nnc1-c1cccc(OC)c1. The topological polar surface area (TPSA) is 81.9 Å². The summed E-state index contributed by atoms with van der Waals surface area (Å²) >= 11 is 2.80. The summed E-state index contributed by atoms with van der Waals surface area (Å²) in [4.78, 5) is 17.7. The van der Waals surface area contributed by atoms with Crippen LogP contribution in [-0.2, 0) is 11.3 Å². The standard InChI is InChI=1S/C19H21N5O2S2/c1-5-9-24-17(14-7-6-8-15(10-14)26-4)22-23-19(24)27-11-16(25)21-18-20-12(2)13(3)28-18/h5-8,10H,1,9,11H2,2-4H3,(H,20,21,25). The predicted molar refractivity (Wildman–Crippen MR) is 113 cm³/mol. The molecule has 2 heterocycles. The van der Waals surface area contributed by atoms with Gasteiger partial charge in [0.25, 0.3) is 0 Å². The highest BCUT2D eigenvalue weighted by Gasteiger charge is 2.16. The van der Waals surface area contributed by atoms with Crippen LogP contribution in [0.4, 0.5) is 5.13 Å². The number of thioether (sulfide) groups is 1. The highest BCUT2D eigenvalue weighted by Crippen LogP contribution is 2.27. The maximum atomic E-state index is 12.3. The van der Waals surface area contributed by atoms with E-state index in [1.807, 2.05) is 42.7 Å². The molecular formula is C19H21N5O2S2. The lowest BCUT2D eigenvalue weighted by Gasteiger charge is -2.08. The molecule has 0 atom stereocenters. The van der Waals surface area contributed by atoms with Crippen LogP contribution in [0, 0.1) is 13.8 Å². The van der Waals surface area contributed by atoms with Gasteiger partial charge in [0.2, 0.25) is 5.91 Å². The van der Waals surface area contributed by atoms with E-state index in [-0.39, 0.29) is 11.7 Å². The quantitative estimate of drug-likeness (QED) is 0.443. The first kappa shape index (κ1) is 20.1. The number of amides is 1. The minimum absolute atomic E-state index is 0.130. The summed E-state index contributed by atoms with van der Waals surface area (Å²) in [7, 11) is 1.62. The highest BCUT2D eigenvalue weighted by atomic mass is 32.2. The Morgan fingerprint density at radius 2 is 2.21 bits per heavy atom. The normalized spacial score (nSPS) is 10.7. The van der Waals surface area contributed by atoms with Crippen LogP contribution in [0.2, 0.25) is 0 Å². The van der Waals surface area contributed by atoms with Crippen molar-refractivity contribution in [3.8, 4) is 17.1 Å². The molecule has 1 amide bonds. The van der Waals surface area contributed by atoms with E-state index in [4.69, 9.17) is 4.74 Å². The number of allylic oxidation sites excluding steroid dienone is 1. The fraction of sp³-hybridized carbons (Fsp3) is 0.263. The second-order valence-electron chi connectivity index (χ2n) is 5.93. The van der Waals surface area contributed by atoms with Crippen molar-refractivity contribution in [3.63, 3.8) is 0 Å². The number of aryl methyl sites for hydroxylation is 2. The molecule has 0 aliphatic rings. The van der Waals surface area contributed by atoms with E-state index in [0.717, 1.165) is 21.9 Å². The van der Waals surface area contributed by atoms with Crippen LogP contribution >= 0.6 is 23.1 Å². The predicted octanol–water partition coefficient (Wildman–Crippen LogP) is 3.94. The molecule has 146 valence electrons. The lowest BCUT2D eigenvalue weighted by molar-refractivity contribution is -0.113. The summed E-state index contributed by atoms with van der Waals surface area (Å²) in [5.41, 5.74) is 1.82. The van der Waals surface area contributed by atoms with Gasteiger partial charge >= 0.3 is 0 Å². The third kappa shape index (κ3) is 4.60. The van der Waals surface area contributed by atoms with Crippen molar-refractivity contribution in [2.75, 3.05) is 18.2 Å². The molecule has 0 unspecified atom stereocenters. The van der Waals surface area contributed by atoms with Crippen molar-refractivity contribution in [1.29, 1.82) is 0 Å². The van der Waals surface area contributed by atoms with Crippen LogP contribution in [0.3, 0.4) is 0 Å². The molecule has 0 bridgehead atoms. The Labute approximate surface area is 171 Å². The van der Waals surface area contributed by atoms with Gasteiger partial charge in [-0.05, 0) is 26.0 Å². The zero-order valence-electron chi connectivity index (χ0n) is 15.9. The minimum Gasteiger partial charge on any atom is -0.497 e. The van der Waals surface area contributed by atoms with Gasteiger partial charge in [0, 0.05) is 17.0 Å². The number of anilines is 1. The van der Waals surface area contributed by atoms with Crippen LogP contribution < -0.4 is 10.1 Å². The Bertz CT molecular complexity index is 977. The number of hydrogen-bond acceptors (Lipinski definition) is 7. The fourth-order valence-corrected chi connectivity index (χ4v) is 4.06. The Kier molecular flexibility index (Phi) is 6.48. The molecular weight excluding hydrogens is 394 g/mol. The van der Waals surface area contributed by atoms with Crippen molar-refractivity contribution < 1.29 is 9.53 Å². The first-order chi connectivity index (χ1) is 13.5. The van der Waals surface area contributed by atoms with E-state index >= 15 is 0 Å². The average molecular weight is 416 g/mol. The summed E-state index contributed by atoms with van der Waals surface area (Å²) < 4.78 is 7.22. The number of aromatic nitrogens is 4. The number of ether oxygens (including phenoxy) is 1. The number of nitrogens with one attached hydrogen (secondary N) is 1. The van der Waals surface area contributed by atoms with E-state index in [2.05, 4.69) is 27.1 Å². The van der Waals surface area contributed by atoms with Gasteiger partial charge in [0.15, 0.2) is 16.1 Å². The Morgan fingerprint density at radius 1 is 1.39 bits per heavy atom. The fourth-order valence-electron chi connectivity index (χ4n) is 2.48. The van der Waals surface area contributed by atoms with Crippen molar-refractivity contribution in [1.82, 2.24) is 19.7 Å². The number of carbonyl (C=O) groups excluding carboxylic acids is 1. The van der Waals surface area contributed by atoms with Gasteiger partial charge < -0.3 is 10.1 Å². The highest BCUT2D eigenvalue weighted by molar-refractivity contribution is 7.99. The van der Waals surface area contributed by atoms with Crippen molar-refractivity contribution in [2.45, 2.75) is 25.5 Å². The van der Waals surface area contributed by atoms with Crippen LogP contribution in [-0.4, -0.2) is 38.5 Å². The zero-order chi connectivity index (χ0) is 20.1. The number of rotatable bonds is 8. The zero-order valence-corrected chi connectivity index (χ0v) is 17.6. The molecule has 0 aliphatic carbocycles. The molecule has 0 aliphatic heterocycles. The van der Waals surface area contributed by atoms with Gasteiger partial charge in [-0.2, -0.15) is 0 Å². The van der Waals surface area contributed by atoms with Gasteiger partial charge in [-0.3, -0.25) is 9.36 Å². The minimum atomic E-state index is -0.130. The molecule has 3 rings (SSSR count). The lowest BCUT2D eigenvalue weighted by atomic mass is 10.2. The van der Waals surface area contributed by atoms with E-state index < -0.39 is 0 Å². The maximum absolute atomic E-state index is 12.3. The Balaban J connectivity index is 1.73. The molecule has 9 heteroatoms. The molecule has 1 aromatic carbocycles. The largest absolute Gasteiger partial charge is 0.497 e. The van der Waals surface area contributed by atoms with Gasteiger partial charge in [0.05, 0.1) is 18.6 Å². The number of methoxy groups -OCH3 is 1. The summed E-state index contributed by atoms with van der Waals surface area (Å²) in [6, 6.07) is 7.62. The van der Waals surface area contributed by atoms with E-state index in [1.54, 1.807) is 13.2 Å². The molecule has 2 aromatic heterocycles. The van der Waals surface area contributed by atoms with Crippen LogP contribution in [0.25, 0.3) is 11.4 Å². The molecule has 0 spiro atoms. The number of nitrogens with zero attached hydrogens (tertiary/aromatic N) is 4. The summed E-state index contributed by atoms with van der Waals surface area (Å²) in [6.45, 7) is 8.25. The summed E-state index contributed by atoms with van der Waals surface area (Å²) in [5.74, 6) is 1.53. The first-order valence-electron chi connectivity index (χ1n) is 8.57. The van der Waals surface area contributed by atoms with E-state index in [0.29, 0.717) is 22.7 Å². The third-order valence-corrected chi connectivity index (χ3v) is 5.92. The van der Waals surface area contributed by atoms with Gasteiger partial charge in [-0.15, -0.1) is 28.1 Å². The van der Waals surface area contributed by atoms with Crippen molar-refractivity contribution in [3.05, 3.63) is 47.5 Å².